The van der Waals surface area contributed by atoms with Gasteiger partial charge in [-0.1, -0.05) is 6.07 Å². The molecule has 26 heavy (non-hydrogen) atoms. The van der Waals surface area contributed by atoms with Gasteiger partial charge in [0.1, 0.15) is 23.3 Å². The van der Waals surface area contributed by atoms with Crippen molar-refractivity contribution >= 4 is 17.1 Å². The Bertz CT molecular complexity index is 1070. The third kappa shape index (κ3) is 2.99. The third-order valence-corrected chi connectivity index (χ3v) is 3.68. The van der Waals surface area contributed by atoms with Crippen molar-refractivity contribution in [2.75, 3.05) is 0 Å². The van der Waals surface area contributed by atoms with Crippen molar-refractivity contribution in [2.24, 2.45) is 0 Å². The lowest BCUT2D eigenvalue weighted by Crippen LogP contribution is -2.19. The minimum absolute atomic E-state index is 0.484. The van der Waals surface area contributed by atoms with Crippen LogP contribution in [0.3, 0.4) is 0 Å². The normalized spacial score (nSPS) is 10.9. The molecule has 0 atom stereocenters. The molecule has 134 valence electrons. The minimum atomic E-state index is -1.86. The highest BCUT2D eigenvalue weighted by atomic mass is 19.1. The van der Waals surface area contributed by atoms with Crippen molar-refractivity contribution in [3.63, 3.8) is 0 Å². The van der Waals surface area contributed by atoms with Gasteiger partial charge in [0.05, 0.1) is 23.6 Å². The molecule has 1 aromatic heterocycles. The van der Waals surface area contributed by atoms with E-state index in [-0.39, 0.29) is 0 Å². The van der Waals surface area contributed by atoms with Crippen LogP contribution in [0, 0.1) is 23.3 Å². The Balaban J connectivity index is 2.33. The highest BCUT2D eigenvalue weighted by Gasteiger charge is 2.20. The van der Waals surface area contributed by atoms with Crippen LogP contribution in [-0.2, 0) is 6.54 Å². The van der Waals surface area contributed by atoms with E-state index in [4.69, 9.17) is 5.11 Å². The fourth-order valence-corrected chi connectivity index (χ4v) is 2.57. The van der Waals surface area contributed by atoms with Gasteiger partial charge in [-0.15, -0.1) is 0 Å². The molecule has 0 saturated heterocycles. The average Bonchev–Trinajstić information content (AvgIpc) is 2.56. The van der Waals surface area contributed by atoms with E-state index in [1.165, 1.54) is 0 Å². The van der Waals surface area contributed by atoms with E-state index in [2.05, 4.69) is 4.74 Å². The van der Waals surface area contributed by atoms with Crippen LogP contribution in [-0.4, -0.2) is 15.8 Å². The molecular weight excluding hydrogens is 358 g/mol. The summed E-state index contributed by atoms with van der Waals surface area (Å²) in [6.07, 6.45) is -1.10. The van der Waals surface area contributed by atoms with Gasteiger partial charge in [-0.05, 0) is 24.3 Å². The largest absolute Gasteiger partial charge is 0.511 e. The number of ether oxygens (including phenoxy) is 1. The molecule has 0 spiro atoms. The molecule has 0 saturated carbocycles. The topological polar surface area (TPSA) is 68.5 Å². The Morgan fingerprint density at radius 2 is 1.62 bits per heavy atom. The van der Waals surface area contributed by atoms with Crippen molar-refractivity contribution < 1.29 is 32.2 Å². The van der Waals surface area contributed by atoms with Crippen molar-refractivity contribution in [1.82, 2.24) is 4.57 Å². The van der Waals surface area contributed by atoms with Crippen LogP contribution in [0.2, 0.25) is 0 Å². The van der Waals surface area contributed by atoms with Crippen LogP contribution >= 0.6 is 0 Å². The Morgan fingerprint density at radius 3 is 2.23 bits per heavy atom. The number of fused-ring (bicyclic) bond motifs is 1. The molecule has 0 amide bonds. The first-order valence-electron chi connectivity index (χ1n) is 7.14. The van der Waals surface area contributed by atoms with Gasteiger partial charge in [0.2, 0.25) is 5.43 Å². The summed E-state index contributed by atoms with van der Waals surface area (Å²) in [6, 6.07) is 4.47. The van der Waals surface area contributed by atoms with Gasteiger partial charge in [-0.2, -0.15) is 0 Å². The van der Waals surface area contributed by atoms with E-state index in [0.29, 0.717) is 6.07 Å². The monoisotopic (exact) mass is 367 g/mol. The van der Waals surface area contributed by atoms with Crippen LogP contribution in [0.15, 0.2) is 41.3 Å². The molecule has 0 aliphatic carbocycles. The predicted octanol–water partition coefficient (Wildman–Crippen LogP) is 3.66. The Kier molecular flexibility index (Phi) is 4.37. The highest BCUT2D eigenvalue weighted by molar-refractivity contribution is 5.82. The van der Waals surface area contributed by atoms with Gasteiger partial charge < -0.3 is 14.4 Å². The fraction of sp³-hybridized carbons (Fsp3) is 0.0588. The van der Waals surface area contributed by atoms with E-state index in [1.54, 1.807) is 0 Å². The molecule has 5 nitrogen and oxygen atoms in total. The van der Waals surface area contributed by atoms with Gasteiger partial charge in [-0.25, -0.2) is 22.4 Å². The SMILES string of the molecule is O=C(O)Oc1cn(Cc2c(F)cccc2F)c2c(F)ccc(F)c2c1=O. The van der Waals surface area contributed by atoms with Gasteiger partial charge in [0, 0.05) is 5.56 Å². The first kappa shape index (κ1) is 17.5. The van der Waals surface area contributed by atoms with E-state index < -0.39 is 63.6 Å². The summed E-state index contributed by atoms with van der Waals surface area (Å²) in [5.41, 5.74) is -2.26. The van der Waals surface area contributed by atoms with E-state index in [1.807, 2.05) is 0 Å². The maximum Gasteiger partial charge on any atom is 0.511 e. The second-order valence-electron chi connectivity index (χ2n) is 5.27. The molecule has 9 heteroatoms. The summed E-state index contributed by atoms with van der Waals surface area (Å²) in [7, 11) is 0. The number of carbonyl (C=O) groups is 1. The van der Waals surface area contributed by atoms with Crippen molar-refractivity contribution in [3.05, 3.63) is 75.6 Å². The second-order valence-corrected chi connectivity index (χ2v) is 5.27. The lowest BCUT2D eigenvalue weighted by atomic mass is 10.1. The molecule has 0 radical (unpaired) electrons. The molecular formula is C17H9F4NO4. The summed E-state index contributed by atoms with van der Waals surface area (Å²) in [4.78, 5) is 22.9. The van der Waals surface area contributed by atoms with Crippen molar-refractivity contribution in [1.29, 1.82) is 0 Å². The first-order chi connectivity index (χ1) is 12.3. The minimum Gasteiger partial charge on any atom is -0.449 e. The van der Waals surface area contributed by atoms with E-state index >= 15 is 0 Å². The number of pyridine rings is 1. The second kappa shape index (κ2) is 6.51. The average molecular weight is 367 g/mol. The Labute approximate surface area is 142 Å². The number of hydrogen-bond donors (Lipinski definition) is 1. The van der Waals surface area contributed by atoms with Crippen molar-refractivity contribution in [3.8, 4) is 5.75 Å². The Hall–Kier alpha value is -3.36. The summed E-state index contributed by atoms with van der Waals surface area (Å²) >= 11 is 0. The number of hydrogen-bond acceptors (Lipinski definition) is 3. The van der Waals surface area contributed by atoms with Crippen LogP contribution in [0.1, 0.15) is 5.56 Å². The summed E-state index contributed by atoms with van der Waals surface area (Å²) < 4.78 is 61.2. The predicted molar refractivity (Wildman–Crippen MR) is 82.2 cm³/mol. The van der Waals surface area contributed by atoms with Crippen LogP contribution in [0.5, 0.6) is 5.75 Å². The highest BCUT2D eigenvalue weighted by Crippen LogP contribution is 2.24. The van der Waals surface area contributed by atoms with Crippen molar-refractivity contribution in [2.45, 2.75) is 6.54 Å². The van der Waals surface area contributed by atoms with Gasteiger partial charge in [0.15, 0.2) is 5.75 Å². The van der Waals surface area contributed by atoms with Crippen LogP contribution in [0.4, 0.5) is 22.4 Å². The molecule has 0 bridgehead atoms. The molecule has 0 aliphatic rings. The summed E-state index contributed by atoms with van der Waals surface area (Å²) in [6.45, 7) is -0.633. The molecule has 0 fully saturated rings. The van der Waals surface area contributed by atoms with Gasteiger partial charge in [-0.3, -0.25) is 4.79 Å². The van der Waals surface area contributed by atoms with Crippen LogP contribution in [0.25, 0.3) is 10.9 Å². The molecule has 0 unspecified atom stereocenters. The maximum absolute atomic E-state index is 14.2. The summed E-state index contributed by atoms with van der Waals surface area (Å²) in [5, 5.41) is 7.91. The summed E-state index contributed by atoms with van der Waals surface area (Å²) in [5.74, 6) is -4.89. The fourth-order valence-electron chi connectivity index (χ4n) is 2.57. The number of aromatic nitrogens is 1. The maximum atomic E-state index is 14.2. The molecule has 0 aliphatic heterocycles. The molecule has 1 heterocycles. The van der Waals surface area contributed by atoms with E-state index in [0.717, 1.165) is 35.0 Å². The first-order valence-corrected chi connectivity index (χ1v) is 7.14. The quantitative estimate of drug-likeness (QED) is 0.567. The molecule has 1 N–H and O–H groups in total. The number of halogens is 4. The zero-order valence-corrected chi connectivity index (χ0v) is 12.8. The number of benzene rings is 2. The van der Waals surface area contributed by atoms with Gasteiger partial charge in [0.25, 0.3) is 0 Å². The van der Waals surface area contributed by atoms with Gasteiger partial charge >= 0.3 is 6.16 Å². The number of carboxylic acid groups (broad SMARTS) is 1. The zero-order chi connectivity index (χ0) is 19.0. The number of rotatable bonds is 3. The zero-order valence-electron chi connectivity index (χ0n) is 12.8. The standard InChI is InChI=1S/C17H9F4NO4/c18-9-2-1-3-10(19)8(9)6-22-7-13(26-17(24)25)16(23)14-11(20)4-5-12(21)15(14)22/h1-5,7H,6H2,(H,24,25). The molecule has 3 rings (SSSR count). The smallest absolute Gasteiger partial charge is 0.449 e. The van der Waals surface area contributed by atoms with Crippen LogP contribution < -0.4 is 10.2 Å². The van der Waals surface area contributed by atoms with E-state index in [9.17, 15) is 27.2 Å². The molecule has 3 aromatic rings. The lowest BCUT2D eigenvalue weighted by molar-refractivity contribution is 0.143. The third-order valence-electron chi connectivity index (χ3n) is 3.68. The molecule has 2 aromatic carbocycles. The number of nitrogens with zero attached hydrogens (tertiary/aromatic N) is 1. The Morgan fingerprint density at radius 1 is 1.00 bits per heavy atom. The lowest BCUT2D eigenvalue weighted by Gasteiger charge is -2.15.